The lowest BCUT2D eigenvalue weighted by Crippen LogP contribution is -2.26. The first kappa shape index (κ1) is 36.7. The minimum absolute atomic E-state index is 0.509. The molecule has 0 bridgehead atoms. The molecule has 0 saturated carbocycles. The summed E-state index contributed by atoms with van der Waals surface area (Å²) < 4.78 is 0. The van der Waals surface area contributed by atoms with Crippen molar-refractivity contribution in [2.45, 2.75) is 5.41 Å². The number of benzene rings is 13. The molecule has 2 aliphatic rings. The van der Waals surface area contributed by atoms with Crippen molar-refractivity contribution in [1.82, 2.24) is 0 Å². The van der Waals surface area contributed by atoms with Crippen molar-refractivity contribution in [2.24, 2.45) is 0 Å². The molecule has 0 heterocycles. The largest absolute Gasteiger partial charge is 0.0737 e. The first-order valence-electron chi connectivity index (χ1n) is 23.5. The number of hydrogen-bond donors (Lipinski definition) is 0. The van der Waals surface area contributed by atoms with Crippen molar-refractivity contribution in [3.8, 4) is 55.6 Å². The molecular formula is C67H40. The molecule has 0 N–H and O–H groups in total. The van der Waals surface area contributed by atoms with Crippen molar-refractivity contribution >= 4 is 64.6 Å². The summed E-state index contributed by atoms with van der Waals surface area (Å²) in [6.07, 6.45) is 0. The molecule has 1 spiro atoms. The zero-order valence-corrected chi connectivity index (χ0v) is 36.6. The Morgan fingerprint density at radius 2 is 0.687 bits per heavy atom. The van der Waals surface area contributed by atoms with E-state index in [-0.39, 0.29) is 0 Å². The molecule has 15 rings (SSSR count). The lowest BCUT2D eigenvalue weighted by Gasteiger charge is -2.32. The minimum atomic E-state index is -0.509. The van der Waals surface area contributed by atoms with E-state index in [1.54, 1.807) is 0 Å². The van der Waals surface area contributed by atoms with Crippen molar-refractivity contribution < 1.29 is 0 Å². The van der Waals surface area contributed by atoms with Crippen LogP contribution in [0, 0.1) is 0 Å². The van der Waals surface area contributed by atoms with Crippen molar-refractivity contribution in [3.63, 3.8) is 0 Å². The fourth-order valence-electron chi connectivity index (χ4n) is 12.8. The van der Waals surface area contributed by atoms with E-state index in [2.05, 4.69) is 243 Å². The van der Waals surface area contributed by atoms with Gasteiger partial charge in [-0.05, 0) is 161 Å². The standard InChI is InChI=1S/C67H40/c1-2-18-43-38-45(33-32-41(43)16-1)44-19-15-20-46(39-44)62-53-26-7-9-28-55(53)63(56-29-10-8-27-54(56)62)47-35-36-57-59(40-47)49-22-5-6-25-52(49)64-58-37-34-42-17-3-4-21-48(42)65(58)67(66(57)64)60-30-13-11-23-50(60)51-24-12-14-31-61(51)67/h1-40H. The van der Waals surface area contributed by atoms with E-state index >= 15 is 0 Å². The molecule has 13 aromatic carbocycles. The Morgan fingerprint density at radius 1 is 0.209 bits per heavy atom. The molecule has 0 aromatic heterocycles. The van der Waals surface area contributed by atoms with Crippen molar-refractivity contribution in [1.29, 1.82) is 0 Å². The number of rotatable bonds is 3. The molecule has 0 heteroatoms. The molecule has 0 amide bonds. The first-order valence-corrected chi connectivity index (χ1v) is 23.5. The van der Waals surface area contributed by atoms with E-state index in [0.717, 1.165) is 0 Å². The molecule has 0 fully saturated rings. The predicted molar refractivity (Wildman–Crippen MR) is 284 cm³/mol. The molecule has 0 aliphatic heterocycles. The third-order valence-corrected chi connectivity index (χ3v) is 15.4. The molecule has 0 atom stereocenters. The predicted octanol–water partition coefficient (Wildman–Crippen LogP) is 18.0. The van der Waals surface area contributed by atoms with E-state index in [0.29, 0.717) is 0 Å². The van der Waals surface area contributed by atoms with Crippen LogP contribution >= 0.6 is 0 Å². The van der Waals surface area contributed by atoms with Crippen LogP contribution in [0.1, 0.15) is 22.3 Å². The van der Waals surface area contributed by atoms with Crippen LogP contribution in [-0.2, 0) is 5.41 Å². The first-order chi connectivity index (χ1) is 33.3. The van der Waals surface area contributed by atoms with E-state index < -0.39 is 5.41 Å². The maximum Gasteiger partial charge on any atom is 0.0737 e. The van der Waals surface area contributed by atoms with Crippen LogP contribution < -0.4 is 0 Å². The van der Waals surface area contributed by atoms with Gasteiger partial charge in [0.25, 0.3) is 0 Å². The van der Waals surface area contributed by atoms with E-state index in [1.165, 1.54) is 143 Å². The van der Waals surface area contributed by atoms with Crippen LogP contribution in [0.15, 0.2) is 243 Å². The summed E-state index contributed by atoms with van der Waals surface area (Å²) in [4.78, 5) is 0. The molecule has 0 radical (unpaired) electrons. The maximum absolute atomic E-state index is 2.52. The Balaban J connectivity index is 1.02. The van der Waals surface area contributed by atoms with Gasteiger partial charge in [0.2, 0.25) is 0 Å². The van der Waals surface area contributed by atoms with E-state index in [1.807, 2.05) is 0 Å². The van der Waals surface area contributed by atoms with Crippen molar-refractivity contribution in [3.05, 3.63) is 265 Å². The zero-order chi connectivity index (χ0) is 43.8. The summed E-state index contributed by atoms with van der Waals surface area (Å²) in [6.45, 7) is 0. The third-order valence-electron chi connectivity index (χ3n) is 15.4. The Kier molecular flexibility index (Phi) is 7.52. The Morgan fingerprint density at radius 3 is 1.36 bits per heavy atom. The summed E-state index contributed by atoms with van der Waals surface area (Å²) in [7, 11) is 0. The van der Waals surface area contributed by atoms with Crippen LogP contribution in [-0.4, -0.2) is 0 Å². The fourth-order valence-corrected chi connectivity index (χ4v) is 12.8. The van der Waals surface area contributed by atoms with Gasteiger partial charge in [0.05, 0.1) is 5.41 Å². The minimum Gasteiger partial charge on any atom is -0.0619 e. The third kappa shape index (κ3) is 4.92. The van der Waals surface area contributed by atoms with Crippen LogP contribution in [0.5, 0.6) is 0 Å². The molecule has 2 aliphatic carbocycles. The van der Waals surface area contributed by atoms with Crippen molar-refractivity contribution in [2.75, 3.05) is 0 Å². The SMILES string of the molecule is c1cc(-c2ccc3ccccc3c2)cc(-c2c3ccccc3c(-c3ccc4c5c(c6ccccc6c4c3)-c3ccc4ccccc4c3C53c4ccccc4-c4ccccc43)c3ccccc23)c1. The molecule has 67 heavy (non-hydrogen) atoms. The van der Waals surface area contributed by atoms with Gasteiger partial charge >= 0.3 is 0 Å². The smallest absolute Gasteiger partial charge is 0.0619 e. The average Bonchev–Trinajstić information content (AvgIpc) is 3.88. The second-order valence-corrected chi connectivity index (χ2v) is 18.6. The zero-order valence-electron chi connectivity index (χ0n) is 36.6. The second-order valence-electron chi connectivity index (χ2n) is 18.6. The van der Waals surface area contributed by atoms with Gasteiger partial charge in [0.15, 0.2) is 0 Å². The average molecular weight is 845 g/mol. The summed E-state index contributed by atoms with van der Waals surface area (Å²) in [5, 5.41) is 15.3. The van der Waals surface area contributed by atoms with Gasteiger partial charge < -0.3 is 0 Å². The van der Waals surface area contributed by atoms with Gasteiger partial charge in [-0.3, -0.25) is 0 Å². The second kappa shape index (κ2) is 13.7. The highest BCUT2D eigenvalue weighted by Crippen LogP contribution is 2.66. The van der Waals surface area contributed by atoms with Crippen LogP contribution in [0.3, 0.4) is 0 Å². The lowest BCUT2D eigenvalue weighted by molar-refractivity contribution is 0.809. The van der Waals surface area contributed by atoms with Gasteiger partial charge in [-0.1, -0.05) is 224 Å². The Bertz CT molecular complexity index is 4180. The van der Waals surface area contributed by atoms with Gasteiger partial charge in [-0.15, -0.1) is 0 Å². The quantitative estimate of drug-likeness (QED) is 0.123. The number of hydrogen-bond acceptors (Lipinski definition) is 0. The van der Waals surface area contributed by atoms with Crippen LogP contribution in [0.2, 0.25) is 0 Å². The van der Waals surface area contributed by atoms with Gasteiger partial charge in [0, 0.05) is 0 Å². The summed E-state index contributed by atoms with van der Waals surface area (Å²) in [5.41, 5.74) is 17.8. The van der Waals surface area contributed by atoms with Crippen LogP contribution in [0.4, 0.5) is 0 Å². The lowest BCUT2D eigenvalue weighted by atomic mass is 9.68. The summed E-state index contributed by atoms with van der Waals surface area (Å²) in [5.74, 6) is 0. The molecular weight excluding hydrogens is 805 g/mol. The monoisotopic (exact) mass is 844 g/mol. The number of fused-ring (bicyclic) bond motifs is 20. The van der Waals surface area contributed by atoms with Gasteiger partial charge in [-0.25, -0.2) is 0 Å². The highest BCUT2D eigenvalue weighted by atomic mass is 14.5. The van der Waals surface area contributed by atoms with E-state index in [9.17, 15) is 0 Å². The summed E-state index contributed by atoms with van der Waals surface area (Å²) in [6, 6.07) is 91.5. The van der Waals surface area contributed by atoms with Gasteiger partial charge in [-0.2, -0.15) is 0 Å². The Hall–Kier alpha value is -8.58. The maximum atomic E-state index is 2.52. The normalized spacial score (nSPS) is 13.2. The highest BCUT2D eigenvalue weighted by molar-refractivity contribution is 6.25. The molecule has 13 aromatic rings. The Labute approximate surface area is 388 Å². The molecule has 0 unspecified atom stereocenters. The molecule has 308 valence electrons. The highest BCUT2D eigenvalue weighted by Gasteiger charge is 2.53. The fraction of sp³-hybridized carbons (Fsp3) is 0.0149. The topological polar surface area (TPSA) is 0 Å². The van der Waals surface area contributed by atoms with Gasteiger partial charge in [0.1, 0.15) is 0 Å². The van der Waals surface area contributed by atoms with E-state index in [4.69, 9.17) is 0 Å². The molecule has 0 nitrogen and oxygen atoms in total. The molecule has 0 saturated heterocycles. The summed E-state index contributed by atoms with van der Waals surface area (Å²) >= 11 is 0. The van der Waals surface area contributed by atoms with Crippen LogP contribution in [0.25, 0.3) is 120 Å².